The molecule has 0 saturated heterocycles. The number of hydrogen-bond donors (Lipinski definition) is 2. The standard InChI is InChI=1S/C16H18N2O3/c1-18(10-11-4-3-5-13(19)8-11)16(20)12-6-7-15(21-2)14(17)9-12/h3-9,19H,10,17H2,1-2H3. The van der Waals surface area contributed by atoms with Crippen molar-refractivity contribution in [3.8, 4) is 11.5 Å². The van der Waals surface area contributed by atoms with Gasteiger partial charge in [0.15, 0.2) is 0 Å². The second-order valence-electron chi connectivity index (χ2n) is 4.79. The fraction of sp³-hybridized carbons (Fsp3) is 0.188. The summed E-state index contributed by atoms with van der Waals surface area (Å²) in [6.45, 7) is 0.402. The maximum atomic E-state index is 12.4. The molecular weight excluding hydrogens is 268 g/mol. The minimum Gasteiger partial charge on any atom is -0.508 e. The summed E-state index contributed by atoms with van der Waals surface area (Å²) in [5.74, 6) is 0.580. The molecule has 3 N–H and O–H groups in total. The molecule has 0 radical (unpaired) electrons. The van der Waals surface area contributed by atoms with Crippen LogP contribution in [0.3, 0.4) is 0 Å². The van der Waals surface area contributed by atoms with Crippen molar-refractivity contribution >= 4 is 11.6 Å². The lowest BCUT2D eigenvalue weighted by molar-refractivity contribution is 0.0785. The number of methoxy groups -OCH3 is 1. The number of aromatic hydroxyl groups is 1. The van der Waals surface area contributed by atoms with E-state index in [4.69, 9.17) is 10.5 Å². The van der Waals surface area contributed by atoms with E-state index in [2.05, 4.69) is 0 Å². The van der Waals surface area contributed by atoms with Crippen molar-refractivity contribution in [1.82, 2.24) is 4.90 Å². The summed E-state index contributed by atoms with van der Waals surface area (Å²) in [6.07, 6.45) is 0. The summed E-state index contributed by atoms with van der Waals surface area (Å²) in [4.78, 5) is 13.9. The number of amides is 1. The van der Waals surface area contributed by atoms with Gasteiger partial charge in [-0.3, -0.25) is 4.79 Å². The number of ether oxygens (including phenoxy) is 1. The Morgan fingerprint density at radius 1 is 1.29 bits per heavy atom. The fourth-order valence-electron chi connectivity index (χ4n) is 2.09. The number of nitrogen functional groups attached to an aromatic ring is 1. The van der Waals surface area contributed by atoms with Crippen LogP contribution in [-0.2, 0) is 6.54 Å². The molecule has 21 heavy (non-hydrogen) atoms. The number of phenolic OH excluding ortho intramolecular Hbond substituents is 1. The number of carbonyl (C=O) groups is 1. The molecule has 0 aliphatic heterocycles. The van der Waals surface area contributed by atoms with Crippen LogP contribution in [0.2, 0.25) is 0 Å². The Morgan fingerprint density at radius 3 is 2.67 bits per heavy atom. The van der Waals surface area contributed by atoms with Gasteiger partial charge in [-0.1, -0.05) is 12.1 Å². The number of anilines is 1. The zero-order chi connectivity index (χ0) is 15.4. The third-order valence-corrected chi connectivity index (χ3v) is 3.15. The number of nitrogens with two attached hydrogens (primary N) is 1. The van der Waals surface area contributed by atoms with Crippen molar-refractivity contribution in [3.63, 3.8) is 0 Å². The molecule has 0 aromatic heterocycles. The Morgan fingerprint density at radius 2 is 2.05 bits per heavy atom. The Balaban J connectivity index is 2.14. The van der Waals surface area contributed by atoms with Gasteiger partial charge in [0.2, 0.25) is 0 Å². The van der Waals surface area contributed by atoms with E-state index in [0.717, 1.165) is 5.56 Å². The van der Waals surface area contributed by atoms with E-state index in [-0.39, 0.29) is 11.7 Å². The third-order valence-electron chi connectivity index (χ3n) is 3.15. The minimum atomic E-state index is -0.146. The summed E-state index contributed by atoms with van der Waals surface area (Å²) in [5.41, 5.74) is 7.59. The number of nitrogens with zero attached hydrogens (tertiary/aromatic N) is 1. The average molecular weight is 286 g/mol. The molecule has 0 spiro atoms. The van der Waals surface area contributed by atoms with Gasteiger partial charge in [0.25, 0.3) is 5.91 Å². The fourth-order valence-corrected chi connectivity index (χ4v) is 2.09. The van der Waals surface area contributed by atoms with E-state index in [0.29, 0.717) is 23.5 Å². The number of benzene rings is 2. The number of carbonyl (C=O) groups excluding carboxylic acids is 1. The van der Waals surface area contributed by atoms with Gasteiger partial charge in [-0.25, -0.2) is 0 Å². The molecule has 0 unspecified atom stereocenters. The first-order valence-electron chi connectivity index (χ1n) is 6.48. The highest BCUT2D eigenvalue weighted by Crippen LogP contribution is 2.23. The number of rotatable bonds is 4. The molecule has 5 heteroatoms. The molecule has 0 heterocycles. The summed E-state index contributed by atoms with van der Waals surface area (Å²) >= 11 is 0. The minimum absolute atomic E-state index is 0.146. The Bertz CT molecular complexity index is 656. The predicted octanol–water partition coefficient (Wildman–Crippen LogP) is 2.26. The molecule has 0 fully saturated rings. The van der Waals surface area contributed by atoms with E-state index in [1.54, 1.807) is 48.3 Å². The average Bonchev–Trinajstić information content (AvgIpc) is 2.46. The van der Waals surface area contributed by atoms with Gasteiger partial charge < -0.3 is 20.5 Å². The zero-order valence-corrected chi connectivity index (χ0v) is 12.0. The summed E-state index contributed by atoms with van der Waals surface area (Å²) in [7, 11) is 3.23. The van der Waals surface area contributed by atoms with E-state index in [1.165, 1.54) is 7.11 Å². The molecule has 2 aromatic rings. The van der Waals surface area contributed by atoms with Crippen LogP contribution in [0.1, 0.15) is 15.9 Å². The molecule has 2 aromatic carbocycles. The SMILES string of the molecule is COc1ccc(C(=O)N(C)Cc2cccc(O)c2)cc1N. The Labute approximate surface area is 123 Å². The predicted molar refractivity (Wildman–Crippen MR) is 81.3 cm³/mol. The van der Waals surface area contributed by atoms with E-state index in [9.17, 15) is 9.90 Å². The maximum absolute atomic E-state index is 12.4. The molecule has 5 nitrogen and oxygen atoms in total. The topological polar surface area (TPSA) is 75.8 Å². The Hall–Kier alpha value is -2.69. The van der Waals surface area contributed by atoms with Crippen molar-refractivity contribution in [3.05, 3.63) is 53.6 Å². The van der Waals surface area contributed by atoms with Gasteiger partial charge in [-0.05, 0) is 35.9 Å². The molecule has 0 saturated carbocycles. The number of hydrogen-bond acceptors (Lipinski definition) is 4. The molecule has 110 valence electrons. The lowest BCUT2D eigenvalue weighted by atomic mass is 10.1. The van der Waals surface area contributed by atoms with Gasteiger partial charge in [-0.15, -0.1) is 0 Å². The van der Waals surface area contributed by atoms with Gasteiger partial charge in [0.05, 0.1) is 12.8 Å². The van der Waals surface area contributed by atoms with Gasteiger partial charge in [0, 0.05) is 19.2 Å². The molecule has 0 aliphatic carbocycles. The highest BCUT2D eigenvalue weighted by Gasteiger charge is 2.14. The van der Waals surface area contributed by atoms with Crippen molar-refractivity contribution in [1.29, 1.82) is 0 Å². The first-order chi connectivity index (χ1) is 10.0. The highest BCUT2D eigenvalue weighted by molar-refractivity contribution is 5.95. The van der Waals surface area contributed by atoms with Crippen LogP contribution in [-0.4, -0.2) is 30.1 Å². The quantitative estimate of drug-likeness (QED) is 0.845. The van der Waals surface area contributed by atoms with Gasteiger partial charge in [0.1, 0.15) is 11.5 Å². The largest absolute Gasteiger partial charge is 0.508 e. The normalized spacial score (nSPS) is 10.2. The van der Waals surface area contributed by atoms with E-state index < -0.39 is 0 Å². The van der Waals surface area contributed by atoms with Crippen LogP contribution in [0.5, 0.6) is 11.5 Å². The number of phenols is 1. The van der Waals surface area contributed by atoms with Crippen LogP contribution in [0, 0.1) is 0 Å². The molecular formula is C16H18N2O3. The zero-order valence-electron chi connectivity index (χ0n) is 12.0. The van der Waals surface area contributed by atoms with Crippen molar-refractivity contribution in [2.45, 2.75) is 6.54 Å². The molecule has 0 bridgehead atoms. The first-order valence-corrected chi connectivity index (χ1v) is 6.48. The Kier molecular flexibility index (Phi) is 4.33. The first kappa shape index (κ1) is 14.7. The van der Waals surface area contributed by atoms with Gasteiger partial charge in [-0.2, -0.15) is 0 Å². The third kappa shape index (κ3) is 3.45. The lowest BCUT2D eigenvalue weighted by Gasteiger charge is -2.18. The van der Waals surface area contributed by atoms with Crippen LogP contribution >= 0.6 is 0 Å². The molecule has 0 aliphatic rings. The van der Waals surface area contributed by atoms with Crippen LogP contribution in [0.25, 0.3) is 0 Å². The van der Waals surface area contributed by atoms with Crippen molar-refractivity contribution < 1.29 is 14.6 Å². The summed E-state index contributed by atoms with van der Waals surface area (Å²) in [5, 5.41) is 9.44. The van der Waals surface area contributed by atoms with Gasteiger partial charge >= 0.3 is 0 Å². The smallest absolute Gasteiger partial charge is 0.253 e. The molecule has 0 atom stereocenters. The second kappa shape index (κ2) is 6.17. The summed E-state index contributed by atoms with van der Waals surface area (Å²) < 4.78 is 5.07. The summed E-state index contributed by atoms with van der Waals surface area (Å²) in [6, 6.07) is 11.8. The van der Waals surface area contributed by atoms with E-state index >= 15 is 0 Å². The van der Waals surface area contributed by atoms with Crippen LogP contribution < -0.4 is 10.5 Å². The van der Waals surface area contributed by atoms with Crippen LogP contribution in [0.15, 0.2) is 42.5 Å². The monoisotopic (exact) mass is 286 g/mol. The van der Waals surface area contributed by atoms with Crippen LogP contribution in [0.4, 0.5) is 5.69 Å². The van der Waals surface area contributed by atoms with E-state index in [1.807, 2.05) is 6.07 Å². The van der Waals surface area contributed by atoms with Crippen molar-refractivity contribution in [2.24, 2.45) is 0 Å². The second-order valence-corrected chi connectivity index (χ2v) is 4.79. The van der Waals surface area contributed by atoms with Crippen molar-refractivity contribution in [2.75, 3.05) is 19.9 Å². The maximum Gasteiger partial charge on any atom is 0.253 e. The molecule has 1 amide bonds. The molecule has 2 rings (SSSR count). The lowest BCUT2D eigenvalue weighted by Crippen LogP contribution is -2.26. The highest BCUT2D eigenvalue weighted by atomic mass is 16.5.